The Balaban J connectivity index is 1.81. The Hall–Kier alpha value is -2.47. The third-order valence-electron chi connectivity index (χ3n) is 5.66. The first-order valence-electron chi connectivity index (χ1n) is 10.7. The molecule has 0 radical (unpaired) electrons. The average Bonchev–Trinajstić information content (AvgIpc) is 2.83. The molecule has 0 spiro atoms. The first-order valence-corrected chi connectivity index (χ1v) is 10.7. The van der Waals surface area contributed by atoms with Gasteiger partial charge in [0.2, 0.25) is 12.2 Å². The highest BCUT2D eigenvalue weighted by atomic mass is 16.7. The van der Waals surface area contributed by atoms with E-state index in [1.165, 1.54) is 31.2 Å². The Labute approximate surface area is 198 Å². The molecule has 0 saturated carbocycles. The summed E-state index contributed by atoms with van der Waals surface area (Å²) in [5, 5.41) is 73.7. The second-order valence-electron chi connectivity index (χ2n) is 8.11. The fourth-order valence-electron chi connectivity index (χ4n) is 3.84. The van der Waals surface area contributed by atoms with Crippen molar-refractivity contribution in [2.45, 2.75) is 68.3 Å². The minimum Gasteiger partial charge on any atom is -0.463 e. The molecule has 2 heterocycles. The van der Waals surface area contributed by atoms with E-state index in [0.717, 1.165) is 0 Å². The molecule has 2 fully saturated rings. The van der Waals surface area contributed by atoms with E-state index in [1.54, 1.807) is 0 Å². The molecule has 10 atom stereocenters. The monoisotopic (exact) mass is 504 g/mol. The standard InChI is InChI=1S/C20H28N2O13/c1-8(25)21-13-15(27)18(35-20-17(29)16(28)14(26)11(6-23)33-20)12(7-24)34-19(13)32-10-4-2-9(3-5-10)22(30)31/h2-5,11-20,23-24,26-29H,6-7H2,1H3,(H,21,25)/t11-,12+,13-,14-,15+,16+,17-,18+,19-,20+/m0/s1. The maximum absolute atomic E-state index is 11.8. The molecule has 15 nitrogen and oxygen atoms in total. The number of aliphatic hydroxyl groups is 6. The van der Waals surface area contributed by atoms with Gasteiger partial charge in [-0.3, -0.25) is 14.9 Å². The number of rotatable bonds is 8. The molecule has 2 aliphatic rings. The molecule has 1 aromatic rings. The van der Waals surface area contributed by atoms with Crippen LogP contribution in [-0.4, -0.2) is 116 Å². The lowest BCUT2D eigenvalue weighted by molar-refractivity contribution is -0.384. The smallest absolute Gasteiger partial charge is 0.269 e. The largest absolute Gasteiger partial charge is 0.463 e. The van der Waals surface area contributed by atoms with Gasteiger partial charge < -0.3 is 54.9 Å². The second-order valence-corrected chi connectivity index (χ2v) is 8.11. The van der Waals surface area contributed by atoms with E-state index < -0.39 is 85.4 Å². The van der Waals surface area contributed by atoms with E-state index in [4.69, 9.17) is 18.9 Å². The van der Waals surface area contributed by atoms with Gasteiger partial charge in [-0.15, -0.1) is 0 Å². The third kappa shape index (κ3) is 6.03. The van der Waals surface area contributed by atoms with Gasteiger partial charge in [0.05, 0.1) is 18.1 Å². The molecule has 0 bridgehead atoms. The molecule has 1 amide bonds. The van der Waals surface area contributed by atoms with Crippen LogP contribution >= 0.6 is 0 Å². The molecule has 2 aliphatic heterocycles. The number of nitro groups is 1. The molecule has 1 aromatic carbocycles. The van der Waals surface area contributed by atoms with E-state index in [2.05, 4.69) is 5.32 Å². The number of hydrogen-bond donors (Lipinski definition) is 7. The molecular formula is C20H28N2O13. The summed E-state index contributed by atoms with van der Waals surface area (Å²) in [7, 11) is 0. The van der Waals surface area contributed by atoms with Gasteiger partial charge in [-0.25, -0.2) is 0 Å². The van der Waals surface area contributed by atoms with Gasteiger partial charge in [0, 0.05) is 19.1 Å². The van der Waals surface area contributed by atoms with Crippen LogP contribution in [0.1, 0.15) is 6.92 Å². The molecule has 2 saturated heterocycles. The van der Waals surface area contributed by atoms with Crippen molar-refractivity contribution in [3.05, 3.63) is 34.4 Å². The first kappa shape index (κ1) is 27.1. The number of non-ortho nitro benzene ring substituents is 1. The second kappa shape index (κ2) is 11.5. The average molecular weight is 504 g/mol. The molecule has 3 rings (SSSR count). The minimum absolute atomic E-state index is 0.105. The Morgan fingerprint density at radius 1 is 0.971 bits per heavy atom. The van der Waals surface area contributed by atoms with Crippen molar-refractivity contribution in [3.8, 4) is 5.75 Å². The summed E-state index contributed by atoms with van der Waals surface area (Å²) >= 11 is 0. The lowest BCUT2D eigenvalue weighted by Crippen LogP contribution is -2.68. The van der Waals surface area contributed by atoms with Crippen LogP contribution in [0.5, 0.6) is 5.75 Å². The number of benzene rings is 1. The van der Waals surface area contributed by atoms with Crippen molar-refractivity contribution in [1.29, 1.82) is 0 Å². The highest BCUT2D eigenvalue weighted by Gasteiger charge is 2.51. The topological polar surface area (TPSA) is 231 Å². The molecule has 196 valence electrons. The summed E-state index contributed by atoms with van der Waals surface area (Å²) in [6.07, 6.45) is -13.8. The van der Waals surface area contributed by atoms with Crippen LogP contribution in [0.15, 0.2) is 24.3 Å². The number of carbonyl (C=O) groups excluding carboxylic acids is 1. The molecule has 0 unspecified atom stereocenters. The van der Waals surface area contributed by atoms with E-state index in [-0.39, 0.29) is 11.4 Å². The van der Waals surface area contributed by atoms with Crippen LogP contribution in [-0.2, 0) is 19.0 Å². The minimum atomic E-state index is -1.78. The van der Waals surface area contributed by atoms with Crippen molar-refractivity contribution < 1.29 is 59.3 Å². The number of carbonyl (C=O) groups is 1. The quantitative estimate of drug-likeness (QED) is 0.136. The summed E-state index contributed by atoms with van der Waals surface area (Å²) in [6, 6.07) is 3.64. The number of amides is 1. The van der Waals surface area contributed by atoms with Crippen molar-refractivity contribution in [3.63, 3.8) is 0 Å². The van der Waals surface area contributed by atoms with Crippen LogP contribution in [0, 0.1) is 10.1 Å². The Kier molecular flexibility index (Phi) is 8.92. The van der Waals surface area contributed by atoms with Crippen LogP contribution < -0.4 is 10.1 Å². The van der Waals surface area contributed by atoms with Gasteiger partial charge in [0.15, 0.2) is 6.29 Å². The number of aliphatic hydroxyl groups excluding tert-OH is 6. The number of nitrogens with one attached hydrogen (secondary N) is 1. The predicted octanol–water partition coefficient (Wildman–Crippen LogP) is -3.26. The summed E-state index contributed by atoms with van der Waals surface area (Å²) in [5.41, 5.74) is -0.193. The number of nitro benzene ring substituents is 1. The van der Waals surface area contributed by atoms with Crippen LogP contribution in [0.25, 0.3) is 0 Å². The fraction of sp³-hybridized carbons (Fsp3) is 0.650. The lowest BCUT2D eigenvalue weighted by atomic mass is 9.95. The van der Waals surface area contributed by atoms with E-state index in [0.29, 0.717) is 0 Å². The van der Waals surface area contributed by atoms with Gasteiger partial charge in [-0.2, -0.15) is 0 Å². The third-order valence-corrected chi connectivity index (χ3v) is 5.66. The highest BCUT2D eigenvalue weighted by molar-refractivity contribution is 5.73. The van der Waals surface area contributed by atoms with Gasteiger partial charge in [-0.1, -0.05) is 0 Å². The molecule has 7 N–H and O–H groups in total. The summed E-state index contributed by atoms with van der Waals surface area (Å²) in [6.45, 7) is -0.259. The maximum Gasteiger partial charge on any atom is 0.269 e. The molecule has 0 aliphatic carbocycles. The summed E-state index contributed by atoms with van der Waals surface area (Å²) < 4.78 is 22.2. The number of hydrogen-bond acceptors (Lipinski definition) is 13. The molecule has 0 aromatic heterocycles. The van der Waals surface area contributed by atoms with Crippen LogP contribution in [0.3, 0.4) is 0 Å². The van der Waals surface area contributed by atoms with Crippen molar-refractivity contribution in [1.82, 2.24) is 5.32 Å². The number of ether oxygens (including phenoxy) is 4. The zero-order chi connectivity index (χ0) is 25.9. The van der Waals surface area contributed by atoms with Crippen molar-refractivity contribution >= 4 is 11.6 Å². The van der Waals surface area contributed by atoms with Crippen molar-refractivity contribution in [2.75, 3.05) is 13.2 Å². The summed E-state index contributed by atoms with van der Waals surface area (Å²) in [4.78, 5) is 22.0. The fourth-order valence-corrected chi connectivity index (χ4v) is 3.84. The van der Waals surface area contributed by atoms with Gasteiger partial charge in [-0.05, 0) is 12.1 Å². The maximum atomic E-state index is 11.8. The van der Waals surface area contributed by atoms with Crippen LogP contribution in [0.4, 0.5) is 5.69 Å². The van der Waals surface area contributed by atoms with E-state index in [9.17, 15) is 45.5 Å². The molecule has 35 heavy (non-hydrogen) atoms. The highest BCUT2D eigenvalue weighted by Crippen LogP contribution is 2.30. The predicted molar refractivity (Wildman–Crippen MR) is 112 cm³/mol. The summed E-state index contributed by atoms with van der Waals surface area (Å²) in [5.74, 6) is -0.475. The Bertz CT molecular complexity index is 869. The zero-order valence-corrected chi connectivity index (χ0v) is 18.5. The SMILES string of the molecule is CC(=O)N[C@@H]1[C@@H](Oc2ccc([N+](=O)[O-])cc2)O[C@H](CO)[C@@H](O[C@H]2O[C@@H](CO)[C@H](O)[C@@H](O)[C@@H]2O)[C@@H]1O. The Morgan fingerprint density at radius 3 is 2.11 bits per heavy atom. The van der Waals surface area contributed by atoms with E-state index >= 15 is 0 Å². The number of nitrogens with zero attached hydrogens (tertiary/aromatic N) is 1. The van der Waals surface area contributed by atoms with Gasteiger partial charge in [0.1, 0.15) is 54.5 Å². The van der Waals surface area contributed by atoms with E-state index in [1.807, 2.05) is 0 Å². The zero-order valence-electron chi connectivity index (χ0n) is 18.5. The van der Waals surface area contributed by atoms with Crippen molar-refractivity contribution in [2.24, 2.45) is 0 Å². The Morgan fingerprint density at radius 2 is 1.57 bits per heavy atom. The normalized spacial score (nSPS) is 37.5. The lowest BCUT2D eigenvalue weighted by Gasteiger charge is -2.47. The molecular weight excluding hydrogens is 476 g/mol. The van der Waals surface area contributed by atoms with Gasteiger partial charge in [0.25, 0.3) is 5.69 Å². The van der Waals surface area contributed by atoms with Gasteiger partial charge >= 0.3 is 0 Å². The molecule has 15 heteroatoms. The van der Waals surface area contributed by atoms with Crippen LogP contribution in [0.2, 0.25) is 0 Å². The first-order chi connectivity index (χ1) is 16.6.